The molecule has 1 aromatic heterocycles. The highest BCUT2D eigenvalue weighted by Crippen LogP contribution is 2.27. The number of benzene rings is 1. The number of ether oxygens (including phenoxy) is 1. The average Bonchev–Trinajstić information content (AvgIpc) is 2.34. The lowest BCUT2D eigenvalue weighted by Gasteiger charge is -2.11. The number of aryl methyl sites for hydroxylation is 3. The van der Waals surface area contributed by atoms with E-state index in [2.05, 4.69) is 16.0 Å². The molecule has 0 aliphatic carbocycles. The summed E-state index contributed by atoms with van der Waals surface area (Å²) < 4.78 is 5.66. The largest absolute Gasteiger partial charge is 0.477 e. The molecule has 0 unspecified atom stereocenters. The van der Waals surface area contributed by atoms with Crippen molar-refractivity contribution >= 4 is 5.97 Å². The first-order valence-corrected chi connectivity index (χ1v) is 6.21. The SMILES string of the molecule is Cc1cc(C)c(C)c(Oc2nc(C)cc(C(=O)O)n2)c1. The van der Waals surface area contributed by atoms with E-state index < -0.39 is 5.97 Å². The zero-order valence-corrected chi connectivity index (χ0v) is 11.9. The summed E-state index contributed by atoms with van der Waals surface area (Å²) in [7, 11) is 0. The lowest BCUT2D eigenvalue weighted by molar-refractivity contribution is 0.0689. The Labute approximate surface area is 117 Å². The molecule has 0 aliphatic rings. The maximum atomic E-state index is 11.0. The van der Waals surface area contributed by atoms with Crippen LogP contribution in [0.25, 0.3) is 0 Å². The van der Waals surface area contributed by atoms with Gasteiger partial charge in [0.1, 0.15) is 5.75 Å². The molecule has 5 heteroatoms. The van der Waals surface area contributed by atoms with Crippen molar-refractivity contribution in [1.29, 1.82) is 0 Å². The lowest BCUT2D eigenvalue weighted by Crippen LogP contribution is -2.05. The molecular formula is C15H16N2O3. The molecule has 20 heavy (non-hydrogen) atoms. The molecule has 0 aliphatic heterocycles. The van der Waals surface area contributed by atoms with Gasteiger partial charge in [0.25, 0.3) is 0 Å². The van der Waals surface area contributed by atoms with Crippen LogP contribution in [0.1, 0.15) is 32.9 Å². The summed E-state index contributed by atoms with van der Waals surface area (Å²) in [5.41, 5.74) is 3.63. The summed E-state index contributed by atoms with van der Waals surface area (Å²) in [6.45, 7) is 7.61. The van der Waals surface area contributed by atoms with Crippen LogP contribution < -0.4 is 4.74 Å². The van der Waals surface area contributed by atoms with Crippen LogP contribution in [0.4, 0.5) is 0 Å². The third-order valence-electron chi connectivity index (χ3n) is 3.02. The van der Waals surface area contributed by atoms with Crippen molar-refractivity contribution in [3.63, 3.8) is 0 Å². The third-order valence-corrected chi connectivity index (χ3v) is 3.02. The van der Waals surface area contributed by atoms with Gasteiger partial charge in [0.2, 0.25) is 0 Å². The first-order valence-electron chi connectivity index (χ1n) is 6.21. The van der Waals surface area contributed by atoms with Crippen LogP contribution in [0.5, 0.6) is 11.8 Å². The molecule has 0 amide bonds. The van der Waals surface area contributed by atoms with E-state index in [1.807, 2.05) is 26.8 Å². The van der Waals surface area contributed by atoms with E-state index in [1.54, 1.807) is 6.92 Å². The van der Waals surface area contributed by atoms with Crippen molar-refractivity contribution in [2.75, 3.05) is 0 Å². The summed E-state index contributed by atoms with van der Waals surface area (Å²) >= 11 is 0. The molecule has 104 valence electrons. The van der Waals surface area contributed by atoms with Gasteiger partial charge in [0, 0.05) is 5.69 Å². The number of carboxylic acids is 1. The van der Waals surface area contributed by atoms with E-state index in [1.165, 1.54) is 6.07 Å². The van der Waals surface area contributed by atoms with Crippen LogP contribution in [0.2, 0.25) is 0 Å². The van der Waals surface area contributed by atoms with Gasteiger partial charge in [-0.3, -0.25) is 0 Å². The highest BCUT2D eigenvalue weighted by Gasteiger charge is 2.12. The number of hydrogen-bond acceptors (Lipinski definition) is 4. The number of hydrogen-bond donors (Lipinski definition) is 1. The first-order chi connectivity index (χ1) is 9.36. The van der Waals surface area contributed by atoms with Crippen LogP contribution in [0, 0.1) is 27.7 Å². The van der Waals surface area contributed by atoms with Gasteiger partial charge in [-0.15, -0.1) is 0 Å². The Morgan fingerprint density at radius 3 is 2.45 bits per heavy atom. The number of carboxylic acid groups (broad SMARTS) is 1. The van der Waals surface area contributed by atoms with Crippen LogP contribution >= 0.6 is 0 Å². The molecule has 1 heterocycles. The van der Waals surface area contributed by atoms with Gasteiger partial charge in [-0.25, -0.2) is 9.78 Å². The van der Waals surface area contributed by atoms with Crippen molar-refractivity contribution in [2.45, 2.75) is 27.7 Å². The fourth-order valence-electron chi connectivity index (χ4n) is 1.90. The van der Waals surface area contributed by atoms with E-state index in [9.17, 15) is 4.79 Å². The minimum absolute atomic E-state index is 0.0514. The molecule has 1 aromatic carbocycles. The van der Waals surface area contributed by atoms with Crippen molar-refractivity contribution < 1.29 is 14.6 Å². The Hall–Kier alpha value is -2.43. The number of aromatic carboxylic acids is 1. The van der Waals surface area contributed by atoms with E-state index in [0.29, 0.717) is 11.4 Å². The Morgan fingerprint density at radius 2 is 1.80 bits per heavy atom. The summed E-state index contributed by atoms with van der Waals surface area (Å²) in [4.78, 5) is 19.0. The zero-order valence-electron chi connectivity index (χ0n) is 11.9. The minimum Gasteiger partial charge on any atom is -0.477 e. The van der Waals surface area contributed by atoms with Crippen LogP contribution in [0.3, 0.4) is 0 Å². The highest BCUT2D eigenvalue weighted by molar-refractivity contribution is 5.85. The molecule has 2 aromatic rings. The second-order valence-corrected chi connectivity index (χ2v) is 4.79. The van der Waals surface area contributed by atoms with E-state index in [4.69, 9.17) is 9.84 Å². The van der Waals surface area contributed by atoms with Crippen LogP contribution in [-0.2, 0) is 0 Å². The Morgan fingerprint density at radius 1 is 1.10 bits per heavy atom. The number of aromatic nitrogens is 2. The summed E-state index contributed by atoms with van der Waals surface area (Å²) in [6.07, 6.45) is 0. The summed E-state index contributed by atoms with van der Waals surface area (Å²) in [5, 5.41) is 9.00. The number of rotatable bonds is 3. The van der Waals surface area contributed by atoms with Crippen molar-refractivity contribution in [3.8, 4) is 11.8 Å². The van der Waals surface area contributed by atoms with Crippen molar-refractivity contribution in [2.24, 2.45) is 0 Å². The summed E-state index contributed by atoms with van der Waals surface area (Å²) in [5.74, 6) is -0.457. The molecule has 0 spiro atoms. The second kappa shape index (κ2) is 5.28. The smallest absolute Gasteiger partial charge is 0.354 e. The Balaban J connectivity index is 2.42. The Bertz CT molecular complexity index is 681. The molecule has 0 saturated carbocycles. The van der Waals surface area contributed by atoms with E-state index in [0.717, 1.165) is 16.7 Å². The molecule has 2 rings (SSSR count). The molecule has 5 nitrogen and oxygen atoms in total. The van der Waals surface area contributed by atoms with Crippen LogP contribution in [0.15, 0.2) is 18.2 Å². The fraction of sp³-hybridized carbons (Fsp3) is 0.267. The molecule has 0 bridgehead atoms. The van der Waals surface area contributed by atoms with Gasteiger partial charge in [-0.2, -0.15) is 4.98 Å². The van der Waals surface area contributed by atoms with E-state index >= 15 is 0 Å². The van der Waals surface area contributed by atoms with Crippen molar-refractivity contribution in [3.05, 3.63) is 46.3 Å². The van der Waals surface area contributed by atoms with Gasteiger partial charge in [-0.05, 0) is 56.5 Å². The topological polar surface area (TPSA) is 72.3 Å². The maximum absolute atomic E-state index is 11.0. The summed E-state index contributed by atoms with van der Waals surface area (Å²) in [6, 6.07) is 5.40. The van der Waals surface area contributed by atoms with Crippen molar-refractivity contribution in [1.82, 2.24) is 9.97 Å². The van der Waals surface area contributed by atoms with Gasteiger partial charge in [0.05, 0.1) is 0 Å². The standard InChI is InChI=1S/C15H16N2O3/c1-8-5-9(2)11(4)13(6-8)20-15-16-10(3)7-12(17-15)14(18)19/h5-7H,1-4H3,(H,18,19). The number of nitrogens with zero attached hydrogens (tertiary/aromatic N) is 2. The Kier molecular flexibility index (Phi) is 3.70. The minimum atomic E-state index is -1.10. The highest BCUT2D eigenvalue weighted by atomic mass is 16.5. The van der Waals surface area contributed by atoms with E-state index in [-0.39, 0.29) is 11.7 Å². The molecule has 0 fully saturated rings. The molecular weight excluding hydrogens is 256 g/mol. The predicted molar refractivity (Wildman–Crippen MR) is 74.5 cm³/mol. The van der Waals surface area contributed by atoms with Crippen LogP contribution in [-0.4, -0.2) is 21.0 Å². The quantitative estimate of drug-likeness (QED) is 0.928. The first kappa shape index (κ1) is 14.0. The van der Waals surface area contributed by atoms with Gasteiger partial charge < -0.3 is 9.84 Å². The van der Waals surface area contributed by atoms with Gasteiger partial charge in [0.15, 0.2) is 5.69 Å². The monoisotopic (exact) mass is 272 g/mol. The van der Waals surface area contributed by atoms with Gasteiger partial charge in [-0.1, -0.05) is 6.07 Å². The average molecular weight is 272 g/mol. The second-order valence-electron chi connectivity index (χ2n) is 4.79. The molecule has 1 N–H and O–H groups in total. The van der Waals surface area contributed by atoms with Gasteiger partial charge >= 0.3 is 12.0 Å². The maximum Gasteiger partial charge on any atom is 0.354 e. The third kappa shape index (κ3) is 2.93. The molecule has 0 saturated heterocycles. The predicted octanol–water partition coefficient (Wildman–Crippen LogP) is 3.20. The number of carbonyl (C=O) groups is 1. The lowest BCUT2D eigenvalue weighted by atomic mass is 10.1. The molecule has 0 radical (unpaired) electrons. The molecule has 0 atom stereocenters. The zero-order chi connectivity index (χ0) is 14.9. The normalized spacial score (nSPS) is 10.4. The fourth-order valence-corrected chi connectivity index (χ4v) is 1.90.